The molecule has 0 atom stereocenters. The van der Waals surface area contributed by atoms with E-state index in [0.717, 1.165) is 22.7 Å². The summed E-state index contributed by atoms with van der Waals surface area (Å²) in [6.45, 7) is 0.854. The standard InChI is InChI=1S/C14H15ClN2O2S2/c1-20-14(4-5-14)8-17-11-6-9(15)2-3-10(11)16-13(17)21-7-12(18)19/h2-3,6H,4-5,7-8H2,1H3,(H,18,19). The molecule has 112 valence electrons. The Labute approximate surface area is 136 Å². The third kappa shape index (κ3) is 3.17. The first-order chi connectivity index (χ1) is 10.0. The Kier molecular flexibility index (Phi) is 4.12. The molecule has 2 aromatic rings. The second-order valence-corrected chi connectivity index (χ2v) is 7.84. The van der Waals surface area contributed by atoms with Gasteiger partial charge in [-0.3, -0.25) is 4.79 Å². The van der Waals surface area contributed by atoms with Crippen LogP contribution in [0.2, 0.25) is 5.02 Å². The van der Waals surface area contributed by atoms with Gasteiger partial charge in [-0.1, -0.05) is 23.4 Å². The highest BCUT2D eigenvalue weighted by Crippen LogP contribution is 2.49. The summed E-state index contributed by atoms with van der Waals surface area (Å²) in [6.07, 6.45) is 4.51. The number of rotatable bonds is 6. The molecule has 7 heteroatoms. The number of hydrogen-bond acceptors (Lipinski definition) is 4. The molecule has 1 N–H and O–H groups in total. The van der Waals surface area contributed by atoms with Gasteiger partial charge in [0.15, 0.2) is 5.16 Å². The summed E-state index contributed by atoms with van der Waals surface area (Å²) in [5.74, 6) is -0.814. The van der Waals surface area contributed by atoms with E-state index in [9.17, 15) is 4.79 Å². The van der Waals surface area contributed by atoms with Gasteiger partial charge in [-0.2, -0.15) is 11.8 Å². The monoisotopic (exact) mass is 342 g/mol. The summed E-state index contributed by atoms with van der Waals surface area (Å²) < 4.78 is 2.40. The molecule has 1 fully saturated rings. The Morgan fingerprint density at radius 1 is 1.52 bits per heavy atom. The number of hydrogen-bond donors (Lipinski definition) is 1. The zero-order chi connectivity index (χ0) is 15.0. The van der Waals surface area contributed by atoms with Crippen LogP contribution in [0.1, 0.15) is 12.8 Å². The molecule has 0 spiro atoms. The largest absolute Gasteiger partial charge is 0.481 e. The number of aliphatic carboxylic acids is 1. The smallest absolute Gasteiger partial charge is 0.313 e. The lowest BCUT2D eigenvalue weighted by Gasteiger charge is -2.15. The number of nitrogens with zero attached hydrogens (tertiary/aromatic N) is 2. The summed E-state index contributed by atoms with van der Waals surface area (Å²) in [4.78, 5) is 15.4. The van der Waals surface area contributed by atoms with Gasteiger partial charge >= 0.3 is 5.97 Å². The van der Waals surface area contributed by atoms with E-state index in [1.165, 1.54) is 24.6 Å². The van der Waals surface area contributed by atoms with Crippen LogP contribution in [0.4, 0.5) is 0 Å². The summed E-state index contributed by atoms with van der Waals surface area (Å²) in [6, 6.07) is 5.61. The van der Waals surface area contributed by atoms with Crippen LogP contribution in [0.3, 0.4) is 0 Å². The van der Waals surface area contributed by atoms with E-state index < -0.39 is 5.97 Å². The molecule has 1 saturated carbocycles. The molecule has 0 amide bonds. The Morgan fingerprint density at radius 3 is 2.90 bits per heavy atom. The second-order valence-electron chi connectivity index (χ2n) is 5.18. The van der Waals surface area contributed by atoms with Crippen molar-refractivity contribution in [1.29, 1.82) is 0 Å². The molecule has 3 rings (SSSR count). The van der Waals surface area contributed by atoms with Crippen molar-refractivity contribution in [2.24, 2.45) is 0 Å². The van der Waals surface area contributed by atoms with Crippen LogP contribution >= 0.6 is 35.1 Å². The van der Waals surface area contributed by atoms with Gasteiger partial charge < -0.3 is 9.67 Å². The van der Waals surface area contributed by atoms with Crippen LogP contribution in [0.5, 0.6) is 0 Å². The number of imidazole rings is 1. The molecule has 0 radical (unpaired) electrons. The second kappa shape index (κ2) is 5.74. The molecule has 21 heavy (non-hydrogen) atoms. The summed E-state index contributed by atoms with van der Waals surface area (Å²) in [5, 5.41) is 10.3. The van der Waals surface area contributed by atoms with Crippen LogP contribution in [0.25, 0.3) is 11.0 Å². The number of benzene rings is 1. The van der Waals surface area contributed by atoms with Crippen molar-refractivity contribution in [3.63, 3.8) is 0 Å². The average Bonchev–Trinajstić information content (AvgIpc) is 3.15. The molecular formula is C14H15ClN2O2S2. The van der Waals surface area contributed by atoms with E-state index in [2.05, 4.69) is 15.8 Å². The van der Waals surface area contributed by atoms with Crippen molar-refractivity contribution in [3.8, 4) is 0 Å². The molecule has 4 nitrogen and oxygen atoms in total. The highest BCUT2D eigenvalue weighted by Gasteiger charge is 2.43. The van der Waals surface area contributed by atoms with Crippen LogP contribution in [-0.4, -0.2) is 37.4 Å². The van der Waals surface area contributed by atoms with Crippen LogP contribution in [0.15, 0.2) is 23.4 Å². The minimum Gasteiger partial charge on any atom is -0.481 e. The molecule has 1 aromatic carbocycles. The Bertz CT molecular complexity index is 698. The summed E-state index contributed by atoms with van der Waals surface area (Å²) >= 11 is 9.24. The van der Waals surface area contributed by atoms with Gasteiger partial charge in [-0.05, 0) is 37.3 Å². The van der Waals surface area contributed by atoms with Gasteiger partial charge in [0.1, 0.15) is 0 Å². The number of aromatic nitrogens is 2. The lowest BCUT2D eigenvalue weighted by Crippen LogP contribution is -2.15. The predicted molar refractivity (Wildman–Crippen MR) is 88.6 cm³/mol. The highest BCUT2D eigenvalue weighted by atomic mass is 35.5. The maximum absolute atomic E-state index is 10.8. The number of carboxylic acids is 1. The number of halogens is 1. The number of carboxylic acid groups (broad SMARTS) is 1. The minimum atomic E-state index is -0.831. The van der Waals surface area contributed by atoms with Gasteiger partial charge in [0.25, 0.3) is 0 Å². The van der Waals surface area contributed by atoms with Gasteiger partial charge in [-0.15, -0.1) is 0 Å². The maximum Gasteiger partial charge on any atom is 0.313 e. The first-order valence-electron chi connectivity index (χ1n) is 6.58. The topological polar surface area (TPSA) is 55.1 Å². The molecule has 0 aliphatic heterocycles. The normalized spacial score (nSPS) is 16.3. The maximum atomic E-state index is 10.8. The molecule has 0 unspecified atom stereocenters. The number of thioether (sulfide) groups is 2. The lowest BCUT2D eigenvalue weighted by atomic mass is 10.3. The Balaban J connectivity index is 2.01. The first-order valence-corrected chi connectivity index (χ1v) is 9.17. The van der Waals surface area contributed by atoms with Gasteiger partial charge in [0.2, 0.25) is 0 Å². The van der Waals surface area contributed by atoms with Crippen LogP contribution in [-0.2, 0) is 11.3 Å². The molecule has 1 heterocycles. The Hall–Kier alpha value is -0.850. The third-order valence-electron chi connectivity index (χ3n) is 3.69. The van der Waals surface area contributed by atoms with E-state index >= 15 is 0 Å². The summed E-state index contributed by atoms with van der Waals surface area (Å²) in [7, 11) is 0. The van der Waals surface area contributed by atoms with Crippen molar-refractivity contribution >= 4 is 52.1 Å². The van der Waals surface area contributed by atoms with Crippen molar-refractivity contribution in [3.05, 3.63) is 23.2 Å². The molecule has 1 aliphatic rings. The van der Waals surface area contributed by atoms with Gasteiger partial charge in [0, 0.05) is 16.3 Å². The first kappa shape index (κ1) is 15.1. The fourth-order valence-corrected chi connectivity index (χ4v) is 3.99. The average molecular weight is 343 g/mol. The zero-order valence-corrected chi connectivity index (χ0v) is 13.9. The molecule has 1 aromatic heterocycles. The van der Waals surface area contributed by atoms with Gasteiger partial charge in [0.05, 0.1) is 16.8 Å². The molecule has 1 aliphatic carbocycles. The van der Waals surface area contributed by atoms with Crippen molar-refractivity contribution < 1.29 is 9.90 Å². The van der Waals surface area contributed by atoms with E-state index in [0.29, 0.717) is 5.02 Å². The zero-order valence-electron chi connectivity index (χ0n) is 11.5. The minimum absolute atomic E-state index is 0.0172. The third-order valence-corrected chi connectivity index (χ3v) is 6.29. The molecule has 0 bridgehead atoms. The lowest BCUT2D eigenvalue weighted by molar-refractivity contribution is -0.133. The highest BCUT2D eigenvalue weighted by molar-refractivity contribution is 8.00. The predicted octanol–water partition coefficient (Wildman–Crippen LogP) is 3.76. The number of fused-ring (bicyclic) bond motifs is 1. The van der Waals surface area contributed by atoms with E-state index in [4.69, 9.17) is 16.7 Å². The van der Waals surface area contributed by atoms with Crippen LogP contribution < -0.4 is 0 Å². The fraction of sp³-hybridized carbons (Fsp3) is 0.429. The molecule has 0 saturated heterocycles. The van der Waals surface area contributed by atoms with Crippen molar-refractivity contribution in [2.45, 2.75) is 29.3 Å². The van der Waals surface area contributed by atoms with Crippen LogP contribution in [0, 0.1) is 0 Å². The van der Waals surface area contributed by atoms with E-state index in [1.807, 2.05) is 30.0 Å². The fourth-order valence-electron chi connectivity index (χ4n) is 2.32. The van der Waals surface area contributed by atoms with E-state index in [1.54, 1.807) is 0 Å². The molecular weight excluding hydrogens is 328 g/mol. The van der Waals surface area contributed by atoms with Gasteiger partial charge in [-0.25, -0.2) is 4.98 Å². The number of carbonyl (C=O) groups is 1. The quantitative estimate of drug-likeness (QED) is 0.810. The SMILES string of the molecule is CSC1(Cn2c(SCC(=O)O)nc3ccc(Cl)cc32)CC1. The van der Waals surface area contributed by atoms with Crippen molar-refractivity contribution in [1.82, 2.24) is 9.55 Å². The Morgan fingerprint density at radius 2 is 2.29 bits per heavy atom. The summed E-state index contributed by atoms with van der Waals surface area (Å²) in [5.41, 5.74) is 1.85. The van der Waals surface area contributed by atoms with Crippen molar-refractivity contribution in [2.75, 3.05) is 12.0 Å². The van der Waals surface area contributed by atoms with E-state index in [-0.39, 0.29) is 10.5 Å².